The maximum atomic E-state index is 11.9. The lowest BCUT2D eigenvalue weighted by atomic mass is 10.2. The third kappa shape index (κ3) is 5.24. The van der Waals surface area contributed by atoms with Gasteiger partial charge in [-0.05, 0) is 48.5 Å². The molecule has 6 heteroatoms. The molecule has 132 valence electrons. The molecule has 0 unspecified atom stereocenters. The van der Waals surface area contributed by atoms with E-state index < -0.39 is 0 Å². The Kier molecular flexibility index (Phi) is 5.67. The van der Waals surface area contributed by atoms with E-state index in [1.807, 2.05) is 24.3 Å². The van der Waals surface area contributed by atoms with Gasteiger partial charge in [-0.1, -0.05) is 18.2 Å². The highest BCUT2D eigenvalue weighted by Crippen LogP contribution is 2.15. The minimum absolute atomic E-state index is 0.0936. The number of carbonyl (C=O) groups excluding carboxylic acids is 2. The minimum Gasteiger partial charge on any atom is -0.469 e. The van der Waals surface area contributed by atoms with Gasteiger partial charge in [0.2, 0.25) is 5.91 Å². The highest BCUT2D eigenvalue weighted by atomic mass is 16.3. The van der Waals surface area contributed by atoms with Crippen molar-refractivity contribution >= 4 is 29.0 Å². The molecule has 0 aliphatic heterocycles. The predicted octanol–water partition coefficient (Wildman–Crippen LogP) is 4.49. The van der Waals surface area contributed by atoms with Gasteiger partial charge in [-0.25, -0.2) is 4.79 Å². The van der Waals surface area contributed by atoms with Gasteiger partial charge in [0.05, 0.1) is 6.26 Å². The molecule has 0 aliphatic rings. The summed E-state index contributed by atoms with van der Waals surface area (Å²) in [4.78, 5) is 23.9. The second kappa shape index (κ2) is 8.53. The fourth-order valence-corrected chi connectivity index (χ4v) is 2.37. The van der Waals surface area contributed by atoms with Gasteiger partial charge >= 0.3 is 6.03 Å². The Hall–Kier alpha value is -3.54. The quantitative estimate of drug-likeness (QED) is 0.613. The van der Waals surface area contributed by atoms with Crippen molar-refractivity contribution in [1.29, 1.82) is 0 Å². The average molecular weight is 349 g/mol. The Morgan fingerprint density at radius 1 is 0.731 bits per heavy atom. The second-order valence-electron chi connectivity index (χ2n) is 5.65. The van der Waals surface area contributed by atoms with Crippen LogP contribution in [0.1, 0.15) is 12.2 Å². The number of hydrogen-bond donors (Lipinski definition) is 3. The summed E-state index contributed by atoms with van der Waals surface area (Å²) >= 11 is 0. The van der Waals surface area contributed by atoms with Crippen molar-refractivity contribution in [2.75, 3.05) is 16.0 Å². The zero-order chi connectivity index (χ0) is 18.2. The maximum absolute atomic E-state index is 11.9. The topological polar surface area (TPSA) is 83.4 Å². The van der Waals surface area contributed by atoms with Crippen LogP contribution >= 0.6 is 0 Å². The summed E-state index contributed by atoms with van der Waals surface area (Å²) in [5, 5.41) is 8.29. The van der Waals surface area contributed by atoms with Crippen molar-refractivity contribution in [2.24, 2.45) is 0 Å². The molecule has 0 saturated carbocycles. The van der Waals surface area contributed by atoms with Crippen LogP contribution in [0.25, 0.3) is 0 Å². The first-order valence-electron chi connectivity index (χ1n) is 8.24. The van der Waals surface area contributed by atoms with Crippen molar-refractivity contribution in [3.8, 4) is 0 Å². The standard InChI is InChI=1S/C20H19N3O3/c24-19(13-12-18-7-4-14-26-18)21-16-8-10-17(11-9-16)23-20(25)22-15-5-2-1-3-6-15/h1-11,14H,12-13H2,(H,21,24)(H2,22,23,25). The van der Waals surface area contributed by atoms with Crippen LogP contribution in [0.15, 0.2) is 77.4 Å². The van der Waals surface area contributed by atoms with E-state index in [0.717, 1.165) is 5.76 Å². The molecule has 0 saturated heterocycles. The number of amides is 3. The largest absolute Gasteiger partial charge is 0.469 e. The van der Waals surface area contributed by atoms with Crippen LogP contribution in [0.4, 0.5) is 21.9 Å². The molecular formula is C20H19N3O3. The van der Waals surface area contributed by atoms with E-state index in [9.17, 15) is 9.59 Å². The lowest BCUT2D eigenvalue weighted by Gasteiger charge is -2.09. The van der Waals surface area contributed by atoms with E-state index in [1.54, 1.807) is 48.7 Å². The number of nitrogens with one attached hydrogen (secondary N) is 3. The fraction of sp³-hybridized carbons (Fsp3) is 0.100. The van der Waals surface area contributed by atoms with E-state index in [2.05, 4.69) is 16.0 Å². The van der Waals surface area contributed by atoms with Crippen LogP contribution in [0.3, 0.4) is 0 Å². The molecule has 0 bridgehead atoms. The van der Waals surface area contributed by atoms with Gasteiger partial charge in [0.25, 0.3) is 0 Å². The number of anilines is 3. The molecule has 6 nitrogen and oxygen atoms in total. The smallest absolute Gasteiger partial charge is 0.323 e. The monoisotopic (exact) mass is 349 g/mol. The molecule has 0 radical (unpaired) electrons. The minimum atomic E-state index is -0.327. The zero-order valence-corrected chi connectivity index (χ0v) is 14.1. The predicted molar refractivity (Wildman–Crippen MR) is 101 cm³/mol. The molecule has 0 aliphatic carbocycles. The zero-order valence-electron chi connectivity index (χ0n) is 14.1. The normalized spacial score (nSPS) is 10.2. The van der Waals surface area contributed by atoms with Gasteiger partial charge in [0.15, 0.2) is 0 Å². The van der Waals surface area contributed by atoms with E-state index >= 15 is 0 Å². The van der Waals surface area contributed by atoms with Crippen LogP contribution < -0.4 is 16.0 Å². The Labute approximate surface area is 151 Å². The summed E-state index contributed by atoms with van der Waals surface area (Å²) in [6.07, 6.45) is 2.48. The highest BCUT2D eigenvalue weighted by molar-refractivity contribution is 6.00. The molecule has 3 aromatic rings. The van der Waals surface area contributed by atoms with Gasteiger partial charge in [0, 0.05) is 29.9 Å². The molecule has 0 atom stereocenters. The number of carbonyl (C=O) groups is 2. The number of aryl methyl sites for hydroxylation is 1. The number of urea groups is 1. The van der Waals surface area contributed by atoms with Gasteiger partial charge in [-0.3, -0.25) is 4.79 Å². The Morgan fingerprint density at radius 3 is 1.96 bits per heavy atom. The number of para-hydroxylation sites is 1. The van der Waals surface area contributed by atoms with E-state index in [1.165, 1.54) is 0 Å². The first kappa shape index (κ1) is 17.3. The molecule has 0 fully saturated rings. The SMILES string of the molecule is O=C(CCc1ccco1)Nc1ccc(NC(=O)Nc2ccccc2)cc1. The molecule has 2 aromatic carbocycles. The number of hydrogen-bond acceptors (Lipinski definition) is 3. The van der Waals surface area contributed by atoms with E-state index in [-0.39, 0.29) is 11.9 Å². The summed E-state index contributed by atoms with van der Waals surface area (Å²) in [5.74, 6) is 0.688. The molecule has 3 rings (SSSR count). The molecule has 1 heterocycles. The summed E-state index contributed by atoms with van der Waals surface area (Å²) in [5.41, 5.74) is 2.01. The Bertz CT molecular complexity index is 844. The van der Waals surface area contributed by atoms with Crippen molar-refractivity contribution in [2.45, 2.75) is 12.8 Å². The molecule has 1 aromatic heterocycles. The van der Waals surface area contributed by atoms with E-state index in [4.69, 9.17) is 4.42 Å². The number of furan rings is 1. The van der Waals surface area contributed by atoms with Gasteiger partial charge in [-0.2, -0.15) is 0 Å². The first-order chi connectivity index (χ1) is 12.7. The lowest BCUT2D eigenvalue weighted by molar-refractivity contribution is -0.116. The van der Waals surface area contributed by atoms with Gasteiger partial charge in [0.1, 0.15) is 5.76 Å². The molecule has 3 amide bonds. The summed E-state index contributed by atoms with van der Waals surface area (Å²) in [6, 6.07) is 19.4. The summed E-state index contributed by atoms with van der Waals surface area (Å²) in [6.45, 7) is 0. The third-order valence-electron chi connectivity index (χ3n) is 3.64. The van der Waals surface area contributed by atoms with Crippen molar-refractivity contribution in [3.63, 3.8) is 0 Å². The van der Waals surface area contributed by atoms with Gasteiger partial charge in [-0.15, -0.1) is 0 Å². The maximum Gasteiger partial charge on any atom is 0.323 e. The molecule has 3 N–H and O–H groups in total. The third-order valence-corrected chi connectivity index (χ3v) is 3.64. The average Bonchev–Trinajstić information content (AvgIpc) is 3.16. The van der Waals surface area contributed by atoms with Crippen LogP contribution in [0.5, 0.6) is 0 Å². The van der Waals surface area contributed by atoms with Crippen molar-refractivity contribution in [1.82, 2.24) is 0 Å². The van der Waals surface area contributed by atoms with Crippen LogP contribution in [-0.4, -0.2) is 11.9 Å². The number of benzene rings is 2. The van der Waals surface area contributed by atoms with Crippen molar-refractivity contribution in [3.05, 3.63) is 78.8 Å². The fourth-order valence-electron chi connectivity index (χ4n) is 2.37. The van der Waals surface area contributed by atoms with Gasteiger partial charge < -0.3 is 20.4 Å². The number of rotatable bonds is 6. The molecule has 26 heavy (non-hydrogen) atoms. The summed E-state index contributed by atoms with van der Waals surface area (Å²) in [7, 11) is 0. The molecular weight excluding hydrogens is 330 g/mol. The molecule has 0 spiro atoms. The second-order valence-corrected chi connectivity index (χ2v) is 5.65. The van der Waals surface area contributed by atoms with Crippen LogP contribution in [0, 0.1) is 0 Å². The summed E-state index contributed by atoms with van der Waals surface area (Å²) < 4.78 is 5.20. The van der Waals surface area contributed by atoms with Crippen LogP contribution in [0.2, 0.25) is 0 Å². The Morgan fingerprint density at radius 2 is 1.35 bits per heavy atom. The van der Waals surface area contributed by atoms with Crippen LogP contribution in [-0.2, 0) is 11.2 Å². The Balaban J connectivity index is 1.46. The first-order valence-corrected chi connectivity index (χ1v) is 8.24. The van der Waals surface area contributed by atoms with Crippen molar-refractivity contribution < 1.29 is 14.0 Å². The van der Waals surface area contributed by atoms with E-state index in [0.29, 0.717) is 29.9 Å². The highest BCUT2D eigenvalue weighted by Gasteiger charge is 2.06. The lowest BCUT2D eigenvalue weighted by Crippen LogP contribution is -2.19.